The Hall–Kier alpha value is -1.03. The lowest BCUT2D eigenvalue weighted by Crippen LogP contribution is -2.17. The van der Waals surface area contributed by atoms with E-state index < -0.39 is 0 Å². The molecule has 0 aliphatic carbocycles. The molecule has 0 bridgehead atoms. The zero-order valence-corrected chi connectivity index (χ0v) is 12.7. The molecule has 1 atom stereocenters. The second-order valence-electron chi connectivity index (χ2n) is 4.40. The smallest absolute Gasteiger partial charge is 0.145 e. The van der Waals surface area contributed by atoms with Crippen LogP contribution >= 0.6 is 22.9 Å². The molecule has 2 aromatic rings. The number of nitrogens with two attached hydrogens (primary N) is 1. The largest absolute Gasteiger partial charge is 0.484 e. The standard InChI is InChI=1S/C15H18ClNOS/c1-3-11-8-12(5-6-13(11)16)18-14(9-17)15-7-4-10(2)19-15/h4-8,14H,3,9,17H2,1-2H3. The number of hydrogen-bond acceptors (Lipinski definition) is 3. The average Bonchev–Trinajstić information content (AvgIpc) is 2.84. The highest BCUT2D eigenvalue weighted by atomic mass is 35.5. The van der Waals surface area contributed by atoms with E-state index in [1.165, 1.54) is 4.88 Å². The lowest BCUT2D eigenvalue weighted by atomic mass is 10.1. The summed E-state index contributed by atoms with van der Waals surface area (Å²) in [5.41, 5.74) is 6.91. The molecule has 1 heterocycles. The van der Waals surface area contributed by atoms with Crippen molar-refractivity contribution in [2.45, 2.75) is 26.4 Å². The predicted molar refractivity (Wildman–Crippen MR) is 82.3 cm³/mol. The van der Waals surface area contributed by atoms with E-state index in [1.54, 1.807) is 11.3 Å². The first kappa shape index (κ1) is 14.4. The number of ether oxygens (including phenoxy) is 1. The molecule has 1 unspecified atom stereocenters. The van der Waals surface area contributed by atoms with Gasteiger partial charge in [0, 0.05) is 21.3 Å². The summed E-state index contributed by atoms with van der Waals surface area (Å²) < 4.78 is 5.99. The van der Waals surface area contributed by atoms with Crippen LogP contribution in [0, 0.1) is 6.92 Å². The summed E-state index contributed by atoms with van der Waals surface area (Å²) in [6.07, 6.45) is 0.797. The van der Waals surface area contributed by atoms with Crippen molar-refractivity contribution >= 4 is 22.9 Å². The molecule has 2 nitrogen and oxygen atoms in total. The normalized spacial score (nSPS) is 12.4. The third-order valence-electron chi connectivity index (χ3n) is 2.97. The van der Waals surface area contributed by atoms with Gasteiger partial charge in [-0.15, -0.1) is 11.3 Å². The Balaban J connectivity index is 2.18. The van der Waals surface area contributed by atoms with Gasteiger partial charge in [0.15, 0.2) is 0 Å². The van der Waals surface area contributed by atoms with E-state index in [9.17, 15) is 0 Å². The van der Waals surface area contributed by atoms with Gasteiger partial charge in [0.05, 0.1) is 0 Å². The number of halogens is 1. The maximum absolute atomic E-state index is 6.11. The van der Waals surface area contributed by atoms with E-state index in [0.717, 1.165) is 27.6 Å². The molecule has 0 radical (unpaired) electrons. The van der Waals surface area contributed by atoms with Gasteiger partial charge in [0.25, 0.3) is 0 Å². The third kappa shape index (κ3) is 3.50. The van der Waals surface area contributed by atoms with Crippen LogP contribution in [0.4, 0.5) is 0 Å². The number of benzene rings is 1. The van der Waals surface area contributed by atoms with E-state index in [2.05, 4.69) is 26.0 Å². The predicted octanol–water partition coefficient (Wildman–Crippen LogP) is 4.35. The molecule has 2 N–H and O–H groups in total. The number of rotatable bonds is 5. The Kier molecular flexibility index (Phi) is 4.86. The van der Waals surface area contributed by atoms with Crippen molar-refractivity contribution in [1.82, 2.24) is 0 Å². The molecule has 1 aromatic carbocycles. The van der Waals surface area contributed by atoms with Crippen molar-refractivity contribution in [3.63, 3.8) is 0 Å². The Labute approximate surface area is 123 Å². The minimum atomic E-state index is -0.0930. The van der Waals surface area contributed by atoms with Gasteiger partial charge in [-0.3, -0.25) is 0 Å². The molecular weight excluding hydrogens is 278 g/mol. The molecule has 2 rings (SSSR count). The van der Waals surface area contributed by atoms with Crippen LogP contribution in [-0.2, 0) is 6.42 Å². The molecule has 4 heteroatoms. The number of thiophene rings is 1. The Bertz CT molecular complexity index is 553. The first-order valence-electron chi connectivity index (χ1n) is 6.35. The number of aryl methyl sites for hydroxylation is 2. The van der Waals surface area contributed by atoms with Crippen molar-refractivity contribution in [2.75, 3.05) is 6.54 Å². The van der Waals surface area contributed by atoms with Crippen molar-refractivity contribution in [2.24, 2.45) is 5.73 Å². The van der Waals surface area contributed by atoms with Gasteiger partial charge in [0.2, 0.25) is 0 Å². The van der Waals surface area contributed by atoms with Crippen LogP contribution in [0.1, 0.15) is 28.3 Å². The minimum absolute atomic E-state index is 0.0930. The summed E-state index contributed by atoms with van der Waals surface area (Å²) in [7, 11) is 0. The molecule has 0 aliphatic heterocycles. The van der Waals surface area contributed by atoms with Gasteiger partial charge < -0.3 is 10.5 Å². The number of hydrogen-bond donors (Lipinski definition) is 1. The summed E-state index contributed by atoms with van der Waals surface area (Å²) in [6.45, 7) is 4.62. The fourth-order valence-electron chi connectivity index (χ4n) is 1.91. The van der Waals surface area contributed by atoms with Crippen molar-refractivity contribution in [3.8, 4) is 5.75 Å². The van der Waals surface area contributed by atoms with Crippen LogP contribution in [0.15, 0.2) is 30.3 Å². The van der Waals surface area contributed by atoms with Crippen molar-refractivity contribution in [1.29, 1.82) is 0 Å². The Morgan fingerprint density at radius 2 is 2.11 bits per heavy atom. The topological polar surface area (TPSA) is 35.2 Å². The highest BCUT2D eigenvalue weighted by molar-refractivity contribution is 7.12. The zero-order valence-electron chi connectivity index (χ0n) is 11.2. The van der Waals surface area contributed by atoms with E-state index >= 15 is 0 Å². The van der Waals surface area contributed by atoms with Crippen LogP contribution in [0.25, 0.3) is 0 Å². The maximum atomic E-state index is 6.11. The zero-order chi connectivity index (χ0) is 13.8. The van der Waals surface area contributed by atoms with Crippen LogP contribution in [0.2, 0.25) is 5.02 Å². The molecule has 0 fully saturated rings. The quantitative estimate of drug-likeness (QED) is 0.890. The molecular formula is C15H18ClNOS. The monoisotopic (exact) mass is 295 g/mol. The van der Waals surface area contributed by atoms with Gasteiger partial charge in [-0.1, -0.05) is 18.5 Å². The van der Waals surface area contributed by atoms with E-state index in [-0.39, 0.29) is 6.10 Å². The van der Waals surface area contributed by atoms with E-state index in [4.69, 9.17) is 22.1 Å². The summed E-state index contributed by atoms with van der Waals surface area (Å²) in [6, 6.07) is 9.93. The SMILES string of the molecule is CCc1cc(OC(CN)c2ccc(C)s2)ccc1Cl. The van der Waals surface area contributed by atoms with Gasteiger partial charge in [-0.2, -0.15) is 0 Å². The summed E-state index contributed by atoms with van der Waals surface area (Å²) in [5.74, 6) is 0.822. The van der Waals surface area contributed by atoms with E-state index in [0.29, 0.717) is 6.54 Å². The lowest BCUT2D eigenvalue weighted by molar-refractivity contribution is 0.218. The molecule has 19 heavy (non-hydrogen) atoms. The third-order valence-corrected chi connectivity index (χ3v) is 4.43. The molecule has 0 amide bonds. The molecule has 0 aliphatic rings. The fraction of sp³-hybridized carbons (Fsp3) is 0.333. The lowest BCUT2D eigenvalue weighted by Gasteiger charge is -2.17. The van der Waals surface area contributed by atoms with Gasteiger partial charge in [-0.05, 0) is 49.2 Å². The van der Waals surface area contributed by atoms with Gasteiger partial charge in [0.1, 0.15) is 11.9 Å². The minimum Gasteiger partial charge on any atom is -0.484 e. The summed E-state index contributed by atoms with van der Waals surface area (Å²) in [5, 5.41) is 0.783. The van der Waals surface area contributed by atoms with Gasteiger partial charge >= 0.3 is 0 Å². The second-order valence-corrected chi connectivity index (χ2v) is 6.12. The maximum Gasteiger partial charge on any atom is 0.145 e. The van der Waals surface area contributed by atoms with Crippen molar-refractivity contribution in [3.05, 3.63) is 50.7 Å². The first-order chi connectivity index (χ1) is 9.13. The molecule has 1 aromatic heterocycles. The van der Waals surface area contributed by atoms with Crippen LogP contribution in [0.3, 0.4) is 0 Å². The Morgan fingerprint density at radius 3 is 2.68 bits per heavy atom. The molecule has 102 valence electrons. The highest BCUT2D eigenvalue weighted by Gasteiger charge is 2.14. The van der Waals surface area contributed by atoms with Crippen LogP contribution in [0.5, 0.6) is 5.75 Å². The second kappa shape index (κ2) is 6.42. The molecule has 0 spiro atoms. The summed E-state index contributed by atoms with van der Waals surface area (Å²) in [4.78, 5) is 2.43. The van der Waals surface area contributed by atoms with Crippen LogP contribution < -0.4 is 10.5 Å². The average molecular weight is 296 g/mol. The summed E-state index contributed by atoms with van der Waals surface area (Å²) >= 11 is 7.83. The Morgan fingerprint density at radius 1 is 1.32 bits per heavy atom. The molecule has 0 saturated carbocycles. The van der Waals surface area contributed by atoms with E-state index in [1.807, 2.05) is 18.2 Å². The molecule has 0 saturated heterocycles. The fourth-order valence-corrected chi connectivity index (χ4v) is 3.08. The van der Waals surface area contributed by atoms with Gasteiger partial charge in [-0.25, -0.2) is 0 Å². The van der Waals surface area contributed by atoms with Crippen LogP contribution in [-0.4, -0.2) is 6.54 Å². The van der Waals surface area contributed by atoms with Crippen molar-refractivity contribution < 1.29 is 4.74 Å². The highest BCUT2D eigenvalue weighted by Crippen LogP contribution is 2.29. The first-order valence-corrected chi connectivity index (χ1v) is 7.55.